The third kappa shape index (κ3) is 3.54. The first-order valence-electron chi connectivity index (χ1n) is 8.00. The van der Waals surface area contributed by atoms with E-state index in [9.17, 15) is 4.79 Å². The summed E-state index contributed by atoms with van der Waals surface area (Å²) >= 11 is 7.22. The van der Waals surface area contributed by atoms with E-state index in [0.29, 0.717) is 15.8 Å². The fourth-order valence-electron chi connectivity index (χ4n) is 2.62. The van der Waals surface area contributed by atoms with Crippen molar-refractivity contribution in [3.63, 3.8) is 0 Å². The SMILES string of the molecule is C[C@@H](NC(=O)CSc1nc2ncc(Cl)cc2[nH]1)c1cc2ccccc2o1. The van der Waals surface area contributed by atoms with Crippen molar-refractivity contribution in [2.24, 2.45) is 0 Å². The summed E-state index contributed by atoms with van der Waals surface area (Å²) in [7, 11) is 0. The highest BCUT2D eigenvalue weighted by atomic mass is 35.5. The van der Waals surface area contributed by atoms with Crippen molar-refractivity contribution < 1.29 is 9.21 Å². The Hall–Kier alpha value is -2.51. The first-order chi connectivity index (χ1) is 12.6. The molecule has 3 aromatic heterocycles. The Labute approximate surface area is 158 Å². The maximum Gasteiger partial charge on any atom is 0.231 e. The zero-order valence-electron chi connectivity index (χ0n) is 13.8. The van der Waals surface area contributed by atoms with Crippen LogP contribution in [0.15, 0.2) is 52.2 Å². The Balaban J connectivity index is 1.38. The number of rotatable bonds is 5. The molecule has 0 radical (unpaired) electrons. The molecule has 0 aliphatic heterocycles. The molecule has 132 valence electrons. The summed E-state index contributed by atoms with van der Waals surface area (Å²) < 4.78 is 5.78. The first kappa shape index (κ1) is 16.9. The zero-order valence-corrected chi connectivity index (χ0v) is 15.4. The number of aromatic nitrogens is 3. The van der Waals surface area contributed by atoms with E-state index in [1.165, 1.54) is 11.8 Å². The number of pyridine rings is 1. The normalized spacial score (nSPS) is 12.5. The lowest BCUT2D eigenvalue weighted by Crippen LogP contribution is -2.27. The Kier molecular flexibility index (Phi) is 4.57. The van der Waals surface area contributed by atoms with Crippen LogP contribution in [0.3, 0.4) is 0 Å². The molecular weight excluding hydrogens is 372 g/mol. The Morgan fingerprint density at radius 2 is 2.23 bits per heavy atom. The maximum atomic E-state index is 12.2. The number of hydrogen-bond acceptors (Lipinski definition) is 5. The molecule has 1 atom stereocenters. The molecule has 2 N–H and O–H groups in total. The number of carbonyl (C=O) groups is 1. The number of para-hydroxylation sites is 1. The van der Waals surface area contributed by atoms with Crippen molar-refractivity contribution in [3.8, 4) is 0 Å². The summed E-state index contributed by atoms with van der Waals surface area (Å²) in [5, 5.41) is 5.12. The molecule has 0 aliphatic rings. The maximum absolute atomic E-state index is 12.2. The van der Waals surface area contributed by atoms with E-state index in [0.717, 1.165) is 22.2 Å². The second-order valence-corrected chi connectivity index (χ2v) is 7.23. The minimum Gasteiger partial charge on any atom is -0.459 e. The molecule has 8 heteroatoms. The number of H-pyrrole nitrogens is 1. The minimum absolute atomic E-state index is 0.102. The minimum atomic E-state index is -0.216. The molecule has 0 unspecified atom stereocenters. The number of nitrogens with one attached hydrogen (secondary N) is 2. The number of hydrogen-bond donors (Lipinski definition) is 2. The molecule has 0 fully saturated rings. The molecule has 4 rings (SSSR count). The number of fused-ring (bicyclic) bond motifs is 2. The van der Waals surface area contributed by atoms with Crippen molar-refractivity contribution in [2.75, 3.05) is 5.75 Å². The molecule has 0 saturated carbocycles. The number of amides is 1. The van der Waals surface area contributed by atoms with Crippen LogP contribution in [0.25, 0.3) is 22.1 Å². The van der Waals surface area contributed by atoms with Gasteiger partial charge in [0.15, 0.2) is 10.8 Å². The number of thioether (sulfide) groups is 1. The van der Waals surface area contributed by atoms with Gasteiger partial charge in [0, 0.05) is 11.6 Å². The van der Waals surface area contributed by atoms with Crippen LogP contribution in [0.2, 0.25) is 5.02 Å². The van der Waals surface area contributed by atoms with Crippen LogP contribution < -0.4 is 5.32 Å². The van der Waals surface area contributed by atoms with Gasteiger partial charge in [0.05, 0.1) is 22.3 Å². The summed E-state index contributed by atoms with van der Waals surface area (Å²) in [4.78, 5) is 23.8. The number of imidazole rings is 1. The molecular formula is C18H15ClN4O2S. The third-order valence-electron chi connectivity index (χ3n) is 3.87. The number of halogens is 1. The van der Waals surface area contributed by atoms with E-state index in [2.05, 4.69) is 20.3 Å². The van der Waals surface area contributed by atoms with Gasteiger partial charge in [-0.1, -0.05) is 41.6 Å². The number of aromatic amines is 1. The van der Waals surface area contributed by atoms with Gasteiger partial charge in [0.1, 0.15) is 11.3 Å². The zero-order chi connectivity index (χ0) is 18.1. The fraction of sp³-hybridized carbons (Fsp3) is 0.167. The van der Waals surface area contributed by atoms with E-state index in [-0.39, 0.29) is 17.7 Å². The number of furan rings is 1. The summed E-state index contributed by atoms with van der Waals surface area (Å²) in [6.45, 7) is 1.90. The predicted molar refractivity (Wildman–Crippen MR) is 102 cm³/mol. The molecule has 1 aromatic carbocycles. The summed E-state index contributed by atoms with van der Waals surface area (Å²) in [5.41, 5.74) is 2.13. The molecule has 0 aliphatic carbocycles. The quantitative estimate of drug-likeness (QED) is 0.499. The highest BCUT2D eigenvalue weighted by Gasteiger charge is 2.15. The molecule has 4 aromatic rings. The van der Waals surface area contributed by atoms with Gasteiger partial charge in [-0.15, -0.1) is 0 Å². The Bertz CT molecular complexity index is 1060. The monoisotopic (exact) mass is 386 g/mol. The van der Waals surface area contributed by atoms with Crippen molar-refractivity contribution in [3.05, 3.63) is 53.4 Å². The fourth-order valence-corrected chi connectivity index (χ4v) is 3.47. The van der Waals surface area contributed by atoms with Crippen LogP contribution in [0.4, 0.5) is 0 Å². The number of carbonyl (C=O) groups excluding carboxylic acids is 1. The van der Waals surface area contributed by atoms with Crippen molar-refractivity contribution >= 4 is 51.4 Å². The van der Waals surface area contributed by atoms with Crippen molar-refractivity contribution in [1.82, 2.24) is 20.3 Å². The lowest BCUT2D eigenvalue weighted by Gasteiger charge is -2.10. The lowest BCUT2D eigenvalue weighted by molar-refractivity contribution is -0.119. The molecule has 1 amide bonds. The van der Waals surface area contributed by atoms with Gasteiger partial charge in [-0.05, 0) is 25.1 Å². The highest BCUT2D eigenvalue weighted by molar-refractivity contribution is 7.99. The summed E-state index contributed by atoms with van der Waals surface area (Å²) in [5.74, 6) is 0.861. The van der Waals surface area contributed by atoms with Gasteiger partial charge in [-0.2, -0.15) is 0 Å². The van der Waals surface area contributed by atoms with Crippen LogP contribution >= 0.6 is 23.4 Å². The number of nitrogens with zero attached hydrogens (tertiary/aromatic N) is 2. The lowest BCUT2D eigenvalue weighted by atomic mass is 10.2. The summed E-state index contributed by atoms with van der Waals surface area (Å²) in [6, 6.07) is 11.3. The Morgan fingerprint density at radius 3 is 3.08 bits per heavy atom. The van der Waals surface area contributed by atoms with E-state index in [1.807, 2.05) is 37.3 Å². The van der Waals surface area contributed by atoms with Gasteiger partial charge in [-0.3, -0.25) is 4.79 Å². The molecule has 3 heterocycles. The van der Waals surface area contributed by atoms with Gasteiger partial charge in [0.2, 0.25) is 5.91 Å². The molecule has 6 nitrogen and oxygen atoms in total. The van der Waals surface area contributed by atoms with Crippen LogP contribution in [0, 0.1) is 0 Å². The topological polar surface area (TPSA) is 83.8 Å². The van der Waals surface area contributed by atoms with E-state index >= 15 is 0 Å². The van der Waals surface area contributed by atoms with Crippen LogP contribution in [-0.4, -0.2) is 26.6 Å². The predicted octanol–water partition coefficient (Wildman–Crippen LogP) is 4.33. The van der Waals surface area contributed by atoms with E-state index in [1.54, 1.807) is 12.3 Å². The second kappa shape index (κ2) is 7.01. The van der Waals surface area contributed by atoms with Gasteiger partial charge >= 0.3 is 0 Å². The number of benzene rings is 1. The largest absolute Gasteiger partial charge is 0.459 e. The smallest absolute Gasteiger partial charge is 0.231 e. The average molecular weight is 387 g/mol. The molecule has 26 heavy (non-hydrogen) atoms. The molecule has 0 spiro atoms. The van der Waals surface area contributed by atoms with Crippen molar-refractivity contribution in [1.29, 1.82) is 0 Å². The van der Waals surface area contributed by atoms with E-state index in [4.69, 9.17) is 16.0 Å². The first-order valence-corrected chi connectivity index (χ1v) is 9.37. The molecule has 0 bridgehead atoms. The van der Waals surface area contributed by atoms with Gasteiger partial charge in [0.25, 0.3) is 0 Å². The van der Waals surface area contributed by atoms with Gasteiger partial charge < -0.3 is 14.7 Å². The van der Waals surface area contributed by atoms with E-state index < -0.39 is 0 Å². The Morgan fingerprint density at radius 1 is 1.38 bits per heavy atom. The van der Waals surface area contributed by atoms with Crippen LogP contribution in [0.1, 0.15) is 18.7 Å². The average Bonchev–Trinajstić information content (AvgIpc) is 3.23. The van der Waals surface area contributed by atoms with Gasteiger partial charge in [-0.25, -0.2) is 9.97 Å². The van der Waals surface area contributed by atoms with Crippen LogP contribution in [-0.2, 0) is 4.79 Å². The second-order valence-electron chi connectivity index (χ2n) is 5.83. The van der Waals surface area contributed by atoms with Crippen LogP contribution in [0.5, 0.6) is 0 Å². The van der Waals surface area contributed by atoms with Crippen molar-refractivity contribution in [2.45, 2.75) is 18.1 Å². The highest BCUT2D eigenvalue weighted by Crippen LogP contribution is 2.24. The standard InChI is InChI=1S/C18H15ClN4O2S/c1-10(15-6-11-4-2-3-5-14(11)25-15)21-16(24)9-26-18-22-13-7-12(19)8-20-17(13)23-18/h2-8,10H,9H2,1H3,(H,21,24)(H,20,22,23)/t10-/m1/s1. The molecule has 0 saturated heterocycles. The summed E-state index contributed by atoms with van der Waals surface area (Å²) in [6.07, 6.45) is 1.54. The third-order valence-corrected chi connectivity index (χ3v) is 4.95.